The Morgan fingerprint density at radius 3 is 2.78 bits per heavy atom. The summed E-state index contributed by atoms with van der Waals surface area (Å²) < 4.78 is 0.858. The fraction of sp³-hybridized carbons (Fsp3) is 0.462. The van der Waals surface area contributed by atoms with Crippen LogP contribution in [0, 0.1) is 3.57 Å². The van der Waals surface area contributed by atoms with Gasteiger partial charge in [0.15, 0.2) is 0 Å². The molecule has 5 heteroatoms. The second kappa shape index (κ2) is 6.73. The van der Waals surface area contributed by atoms with Crippen molar-refractivity contribution in [2.45, 2.75) is 32.2 Å². The van der Waals surface area contributed by atoms with E-state index in [0.717, 1.165) is 9.99 Å². The lowest BCUT2D eigenvalue weighted by Crippen LogP contribution is -2.46. The molecular weight excluding hydrogens is 365 g/mol. The first-order valence-electron chi connectivity index (χ1n) is 5.80. The van der Waals surface area contributed by atoms with E-state index in [4.69, 9.17) is 16.7 Å². The van der Waals surface area contributed by atoms with Gasteiger partial charge in [0, 0.05) is 20.7 Å². The molecule has 0 aliphatic heterocycles. The molecule has 1 rings (SSSR count). The number of nitrogens with one attached hydrogen (secondary N) is 1. The van der Waals surface area contributed by atoms with Gasteiger partial charge < -0.3 is 10.4 Å². The van der Waals surface area contributed by atoms with Crippen LogP contribution in [0.25, 0.3) is 0 Å². The van der Waals surface area contributed by atoms with E-state index in [0.29, 0.717) is 17.0 Å². The first kappa shape index (κ1) is 15.7. The summed E-state index contributed by atoms with van der Waals surface area (Å²) in [5.74, 6) is -0.153. The first-order valence-corrected chi connectivity index (χ1v) is 7.26. The molecule has 3 nitrogen and oxygen atoms in total. The molecule has 18 heavy (non-hydrogen) atoms. The van der Waals surface area contributed by atoms with Gasteiger partial charge in [-0.05, 0) is 60.6 Å². The van der Waals surface area contributed by atoms with Gasteiger partial charge in [-0.2, -0.15) is 0 Å². The van der Waals surface area contributed by atoms with Gasteiger partial charge in [0.25, 0.3) is 5.91 Å². The van der Waals surface area contributed by atoms with Crippen LogP contribution in [-0.2, 0) is 0 Å². The molecule has 0 saturated heterocycles. The van der Waals surface area contributed by atoms with Crippen LogP contribution in [0.15, 0.2) is 18.2 Å². The van der Waals surface area contributed by atoms with Gasteiger partial charge in [0.1, 0.15) is 0 Å². The third-order valence-electron chi connectivity index (χ3n) is 3.03. The summed E-state index contributed by atoms with van der Waals surface area (Å²) in [6.07, 6.45) is 1.29. The molecule has 1 atom stereocenters. The highest BCUT2D eigenvalue weighted by Crippen LogP contribution is 2.20. The molecule has 0 fully saturated rings. The van der Waals surface area contributed by atoms with Crippen LogP contribution in [0.3, 0.4) is 0 Å². The molecule has 0 saturated carbocycles. The summed E-state index contributed by atoms with van der Waals surface area (Å²) in [5, 5.41) is 12.5. The fourth-order valence-corrected chi connectivity index (χ4v) is 2.34. The first-order chi connectivity index (χ1) is 8.41. The molecule has 0 aliphatic rings. The molecule has 100 valence electrons. The highest BCUT2D eigenvalue weighted by Gasteiger charge is 2.25. The van der Waals surface area contributed by atoms with Crippen LogP contribution >= 0.6 is 34.2 Å². The van der Waals surface area contributed by atoms with E-state index in [-0.39, 0.29) is 12.5 Å². The average Bonchev–Trinajstić information content (AvgIpc) is 2.32. The van der Waals surface area contributed by atoms with E-state index < -0.39 is 5.54 Å². The SMILES string of the molecule is CCC(C)(CCO)NC(=O)c1cc(Cl)ccc1I. The number of hydrogen-bond acceptors (Lipinski definition) is 2. The van der Waals surface area contributed by atoms with Crippen molar-refractivity contribution in [2.24, 2.45) is 0 Å². The van der Waals surface area contributed by atoms with Gasteiger partial charge in [-0.15, -0.1) is 0 Å². The molecule has 0 heterocycles. The number of halogens is 2. The predicted octanol–water partition coefficient (Wildman–Crippen LogP) is 3.23. The third-order valence-corrected chi connectivity index (χ3v) is 4.21. The minimum Gasteiger partial charge on any atom is -0.396 e. The van der Waals surface area contributed by atoms with Gasteiger partial charge in [-0.25, -0.2) is 0 Å². The summed E-state index contributed by atoms with van der Waals surface area (Å²) in [6, 6.07) is 5.23. The maximum atomic E-state index is 12.2. The van der Waals surface area contributed by atoms with Crippen molar-refractivity contribution in [1.82, 2.24) is 5.32 Å². The van der Waals surface area contributed by atoms with Crippen molar-refractivity contribution < 1.29 is 9.90 Å². The van der Waals surface area contributed by atoms with E-state index in [1.165, 1.54) is 0 Å². The van der Waals surface area contributed by atoms with E-state index in [1.807, 2.05) is 19.9 Å². The minimum atomic E-state index is -0.392. The highest BCUT2D eigenvalue weighted by atomic mass is 127. The molecule has 1 amide bonds. The summed E-state index contributed by atoms with van der Waals surface area (Å²) in [4.78, 5) is 12.2. The standard InChI is InChI=1S/C13H17ClINO2/c1-3-13(2,6-7-17)16-12(18)10-8-9(14)4-5-11(10)15/h4-5,8,17H,3,6-7H2,1-2H3,(H,16,18). The number of benzene rings is 1. The van der Waals surface area contributed by atoms with E-state index in [1.54, 1.807) is 12.1 Å². The molecule has 0 radical (unpaired) electrons. The largest absolute Gasteiger partial charge is 0.396 e. The van der Waals surface area contributed by atoms with Gasteiger partial charge in [0.05, 0.1) is 5.56 Å². The van der Waals surface area contributed by atoms with Crippen LogP contribution in [0.1, 0.15) is 37.0 Å². The Morgan fingerprint density at radius 1 is 1.56 bits per heavy atom. The lowest BCUT2D eigenvalue weighted by atomic mass is 9.94. The van der Waals surface area contributed by atoms with Crippen molar-refractivity contribution in [3.63, 3.8) is 0 Å². The smallest absolute Gasteiger partial charge is 0.252 e. The Balaban J connectivity index is 2.90. The topological polar surface area (TPSA) is 49.3 Å². The molecule has 0 aromatic heterocycles. The van der Waals surface area contributed by atoms with Crippen LogP contribution in [-0.4, -0.2) is 23.2 Å². The van der Waals surface area contributed by atoms with E-state index >= 15 is 0 Å². The molecule has 0 spiro atoms. The van der Waals surface area contributed by atoms with Gasteiger partial charge in [-0.1, -0.05) is 18.5 Å². The number of carbonyl (C=O) groups excluding carboxylic acids is 1. The summed E-state index contributed by atoms with van der Waals surface area (Å²) in [7, 11) is 0. The van der Waals surface area contributed by atoms with Crippen LogP contribution in [0.5, 0.6) is 0 Å². The summed E-state index contributed by atoms with van der Waals surface area (Å²) >= 11 is 8.01. The summed E-state index contributed by atoms with van der Waals surface area (Å²) in [6.45, 7) is 3.97. The molecule has 1 unspecified atom stereocenters. The fourth-order valence-electron chi connectivity index (χ4n) is 1.59. The van der Waals surface area contributed by atoms with Crippen LogP contribution < -0.4 is 5.32 Å². The Labute approximate surface area is 126 Å². The van der Waals surface area contributed by atoms with E-state index in [9.17, 15) is 4.79 Å². The predicted molar refractivity (Wildman–Crippen MR) is 82.0 cm³/mol. The highest BCUT2D eigenvalue weighted by molar-refractivity contribution is 14.1. The van der Waals surface area contributed by atoms with Crippen molar-refractivity contribution in [1.29, 1.82) is 0 Å². The van der Waals surface area contributed by atoms with Crippen molar-refractivity contribution >= 4 is 40.1 Å². The zero-order valence-corrected chi connectivity index (χ0v) is 13.4. The van der Waals surface area contributed by atoms with Crippen molar-refractivity contribution in [3.05, 3.63) is 32.4 Å². The maximum Gasteiger partial charge on any atom is 0.252 e. The lowest BCUT2D eigenvalue weighted by molar-refractivity contribution is 0.0885. The van der Waals surface area contributed by atoms with Crippen molar-refractivity contribution in [3.8, 4) is 0 Å². The average molecular weight is 382 g/mol. The number of aliphatic hydroxyl groups excluding tert-OH is 1. The zero-order valence-electron chi connectivity index (χ0n) is 10.5. The maximum absolute atomic E-state index is 12.2. The molecular formula is C13H17ClINO2. The normalized spacial score (nSPS) is 14.1. The second-order valence-corrected chi connectivity index (χ2v) is 6.06. The van der Waals surface area contributed by atoms with Gasteiger partial charge >= 0.3 is 0 Å². The quantitative estimate of drug-likeness (QED) is 0.770. The Morgan fingerprint density at radius 2 is 2.22 bits per heavy atom. The molecule has 0 aliphatic carbocycles. The number of carbonyl (C=O) groups is 1. The molecule has 1 aromatic carbocycles. The van der Waals surface area contributed by atoms with Gasteiger partial charge in [-0.3, -0.25) is 4.79 Å². The number of aliphatic hydroxyl groups is 1. The van der Waals surface area contributed by atoms with Gasteiger partial charge in [0.2, 0.25) is 0 Å². The molecule has 2 N–H and O–H groups in total. The monoisotopic (exact) mass is 381 g/mol. The Kier molecular flexibility index (Phi) is 5.88. The van der Waals surface area contributed by atoms with Crippen LogP contribution in [0.2, 0.25) is 5.02 Å². The third kappa shape index (κ3) is 4.10. The number of hydrogen-bond donors (Lipinski definition) is 2. The minimum absolute atomic E-state index is 0.0528. The Bertz CT molecular complexity index is 439. The number of amides is 1. The molecule has 0 bridgehead atoms. The zero-order chi connectivity index (χ0) is 13.8. The van der Waals surface area contributed by atoms with Crippen LogP contribution in [0.4, 0.5) is 0 Å². The second-order valence-electron chi connectivity index (χ2n) is 4.47. The number of rotatable bonds is 5. The summed E-state index contributed by atoms with van der Waals surface area (Å²) in [5.41, 5.74) is 0.178. The molecule has 1 aromatic rings. The lowest BCUT2D eigenvalue weighted by Gasteiger charge is -2.29. The Hall–Kier alpha value is -0.330. The van der Waals surface area contributed by atoms with Crippen molar-refractivity contribution in [2.75, 3.05) is 6.61 Å². The van der Waals surface area contributed by atoms with E-state index in [2.05, 4.69) is 27.9 Å².